The van der Waals surface area contributed by atoms with E-state index >= 15 is 0 Å². The molecule has 0 amide bonds. The van der Waals surface area contributed by atoms with E-state index in [-0.39, 0.29) is 5.69 Å². The molecule has 20 heavy (non-hydrogen) atoms. The van der Waals surface area contributed by atoms with Gasteiger partial charge >= 0.3 is 5.69 Å². The van der Waals surface area contributed by atoms with Crippen molar-refractivity contribution < 1.29 is 0 Å². The van der Waals surface area contributed by atoms with Crippen LogP contribution in [0.15, 0.2) is 33.0 Å². The van der Waals surface area contributed by atoms with Gasteiger partial charge in [-0.1, -0.05) is 17.7 Å². The first-order chi connectivity index (χ1) is 9.63. The molecular formula is C14H18N4OS. The van der Waals surface area contributed by atoms with Crippen LogP contribution in [0.3, 0.4) is 0 Å². The second-order valence-corrected chi connectivity index (χ2v) is 6.25. The first-order valence-corrected chi connectivity index (χ1v) is 7.57. The molecule has 1 aromatic carbocycles. The van der Waals surface area contributed by atoms with E-state index in [2.05, 4.69) is 40.6 Å². The van der Waals surface area contributed by atoms with E-state index in [1.54, 1.807) is 7.05 Å². The fourth-order valence-electron chi connectivity index (χ4n) is 2.01. The number of nitrogens with zero attached hydrogens (tertiary/aromatic N) is 2. The van der Waals surface area contributed by atoms with E-state index in [0.29, 0.717) is 11.2 Å². The van der Waals surface area contributed by atoms with E-state index in [1.807, 2.05) is 0 Å². The number of aryl methyl sites for hydroxylation is 1. The lowest BCUT2D eigenvalue weighted by Crippen LogP contribution is -2.16. The van der Waals surface area contributed by atoms with Gasteiger partial charge in [0.15, 0.2) is 5.16 Å². The molecule has 2 N–H and O–H groups in total. The molecule has 5 nitrogen and oxygen atoms in total. The van der Waals surface area contributed by atoms with Gasteiger partial charge in [0.2, 0.25) is 0 Å². The van der Waals surface area contributed by atoms with Crippen molar-refractivity contribution >= 4 is 11.8 Å². The van der Waals surface area contributed by atoms with E-state index in [0.717, 1.165) is 11.4 Å². The molecule has 0 radical (unpaired) electrons. The SMILES string of the molecule is Cc1ccc(Sc2n[nH]c(=O)n2C)c(CNC2CC2)c1. The normalized spacial score (nSPS) is 14.7. The van der Waals surface area contributed by atoms with Gasteiger partial charge in [0, 0.05) is 24.5 Å². The Morgan fingerprint density at radius 3 is 2.95 bits per heavy atom. The molecule has 6 heteroatoms. The van der Waals surface area contributed by atoms with Crippen LogP contribution in [0, 0.1) is 6.92 Å². The summed E-state index contributed by atoms with van der Waals surface area (Å²) in [5.74, 6) is 0. The largest absolute Gasteiger partial charge is 0.343 e. The van der Waals surface area contributed by atoms with Crippen molar-refractivity contribution in [3.8, 4) is 0 Å². The van der Waals surface area contributed by atoms with E-state index < -0.39 is 0 Å². The maximum absolute atomic E-state index is 11.4. The summed E-state index contributed by atoms with van der Waals surface area (Å²) in [4.78, 5) is 12.6. The highest BCUT2D eigenvalue weighted by Crippen LogP contribution is 2.29. The molecule has 1 aliphatic carbocycles. The molecule has 1 fully saturated rings. The predicted octanol–water partition coefficient (Wildman–Crippen LogP) is 1.82. The summed E-state index contributed by atoms with van der Waals surface area (Å²) < 4.78 is 1.53. The summed E-state index contributed by atoms with van der Waals surface area (Å²) in [5, 5.41) is 10.7. The fraction of sp³-hybridized carbons (Fsp3) is 0.429. The van der Waals surface area contributed by atoms with Crippen LogP contribution in [0.4, 0.5) is 0 Å². The average molecular weight is 290 g/mol. The monoisotopic (exact) mass is 290 g/mol. The van der Waals surface area contributed by atoms with Gasteiger partial charge in [0.25, 0.3) is 0 Å². The van der Waals surface area contributed by atoms with Gasteiger partial charge in [-0.3, -0.25) is 4.57 Å². The van der Waals surface area contributed by atoms with Gasteiger partial charge in [-0.25, -0.2) is 9.89 Å². The molecule has 3 rings (SSSR count). The Morgan fingerprint density at radius 2 is 2.30 bits per heavy atom. The third-order valence-electron chi connectivity index (χ3n) is 3.41. The lowest BCUT2D eigenvalue weighted by molar-refractivity contribution is 0.679. The van der Waals surface area contributed by atoms with Crippen LogP contribution in [0.25, 0.3) is 0 Å². The van der Waals surface area contributed by atoms with Crippen molar-refractivity contribution in [2.24, 2.45) is 7.05 Å². The van der Waals surface area contributed by atoms with Crippen molar-refractivity contribution in [1.82, 2.24) is 20.1 Å². The lowest BCUT2D eigenvalue weighted by Gasteiger charge is -2.10. The molecule has 0 atom stereocenters. The van der Waals surface area contributed by atoms with Crippen LogP contribution in [0.2, 0.25) is 0 Å². The third kappa shape index (κ3) is 2.96. The Morgan fingerprint density at radius 1 is 1.50 bits per heavy atom. The minimum absolute atomic E-state index is 0.183. The summed E-state index contributed by atoms with van der Waals surface area (Å²) >= 11 is 1.52. The number of hydrogen-bond donors (Lipinski definition) is 2. The molecule has 0 bridgehead atoms. The zero-order valence-corrected chi connectivity index (χ0v) is 12.5. The second kappa shape index (κ2) is 5.46. The molecule has 1 saturated carbocycles. The predicted molar refractivity (Wildman–Crippen MR) is 79.0 cm³/mol. The highest BCUT2D eigenvalue weighted by Gasteiger charge is 2.20. The van der Waals surface area contributed by atoms with Gasteiger partial charge in [-0.15, -0.1) is 5.10 Å². The third-order valence-corrected chi connectivity index (χ3v) is 4.58. The fourth-order valence-corrected chi connectivity index (χ4v) is 2.92. The summed E-state index contributed by atoms with van der Waals surface area (Å²) in [7, 11) is 1.73. The quantitative estimate of drug-likeness (QED) is 0.882. The molecule has 1 aromatic heterocycles. The Hall–Kier alpha value is -1.53. The standard InChI is InChI=1S/C14H18N4OS/c1-9-3-6-12(10(7-9)8-15-11-4-5-11)20-14-17-16-13(19)18(14)2/h3,6-7,11,15H,4-5,8H2,1-2H3,(H,16,19). The minimum atomic E-state index is -0.183. The van der Waals surface area contributed by atoms with Crippen LogP contribution >= 0.6 is 11.8 Å². The first kappa shape index (κ1) is 13.5. The Balaban J connectivity index is 1.83. The summed E-state index contributed by atoms with van der Waals surface area (Å²) in [6.45, 7) is 2.96. The lowest BCUT2D eigenvalue weighted by atomic mass is 10.1. The van der Waals surface area contributed by atoms with Crippen molar-refractivity contribution in [2.75, 3.05) is 0 Å². The van der Waals surface area contributed by atoms with Crippen LogP contribution in [0.1, 0.15) is 24.0 Å². The van der Waals surface area contributed by atoms with Gasteiger partial charge in [0.05, 0.1) is 0 Å². The summed E-state index contributed by atoms with van der Waals surface area (Å²) in [5.41, 5.74) is 2.33. The van der Waals surface area contributed by atoms with Crippen molar-refractivity contribution in [3.63, 3.8) is 0 Å². The highest BCUT2D eigenvalue weighted by molar-refractivity contribution is 7.99. The van der Waals surface area contributed by atoms with Crippen molar-refractivity contribution in [2.45, 2.75) is 42.4 Å². The maximum Gasteiger partial charge on any atom is 0.343 e. The smallest absolute Gasteiger partial charge is 0.310 e. The number of rotatable bonds is 5. The molecule has 0 aliphatic heterocycles. The van der Waals surface area contributed by atoms with Crippen LogP contribution in [0.5, 0.6) is 0 Å². The zero-order chi connectivity index (χ0) is 14.1. The van der Waals surface area contributed by atoms with Crippen LogP contribution in [-0.2, 0) is 13.6 Å². The molecular weight excluding hydrogens is 272 g/mol. The van der Waals surface area contributed by atoms with Crippen LogP contribution in [-0.4, -0.2) is 20.8 Å². The average Bonchev–Trinajstić information content (AvgIpc) is 3.21. The van der Waals surface area contributed by atoms with E-state index in [9.17, 15) is 4.79 Å². The Labute approximate surface area is 121 Å². The van der Waals surface area contributed by atoms with Crippen molar-refractivity contribution in [3.05, 3.63) is 39.8 Å². The number of aromatic amines is 1. The molecule has 0 unspecified atom stereocenters. The second-order valence-electron chi connectivity index (χ2n) is 5.24. The molecule has 106 valence electrons. The molecule has 1 aliphatic rings. The molecule has 0 spiro atoms. The van der Waals surface area contributed by atoms with Crippen LogP contribution < -0.4 is 11.0 Å². The number of aromatic nitrogens is 3. The number of H-pyrrole nitrogens is 1. The summed E-state index contributed by atoms with van der Waals surface area (Å²) in [6, 6.07) is 7.07. The van der Waals surface area contributed by atoms with Gasteiger partial charge in [-0.05, 0) is 43.2 Å². The number of benzene rings is 1. The highest BCUT2D eigenvalue weighted by atomic mass is 32.2. The molecule has 1 heterocycles. The Bertz CT molecular complexity index is 672. The van der Waals surface area contributed by atoms with Gasteiger partial charge in [0.1, 0.15) is 0 Å². The molecule has 0 saturated heterocycles. The Kier molecular flexibility index (Phi) is 3.67. The minimum Gasteiger partial charge on any atom is -0.310 e. The summed E-state index contributed by atoms with van der Waals surface area (Å²) in [6.07, 6.45) is 2.56. The number of nitrogens with one attached hydrogen (secondary N) is 2. The maximum atomic E-state index is 11.4. The van der Waals surface area contributed by atoms with Gasteiger partial charge in [-0.2, -0.15) is 0 Å². The zero-order valence-electron chi connectivity index (χ0n) is 11.6. The topological polar surface area (TPSA) is 62.7 Å². The molecule has 2 aromatic rings. The first-order valence-electron chi connectivity index (χ1n) is 6.75. The van der Waals surface area contributed by atoms with Gasteiger partial charge < -0.3 is 5.32 Å². The van der Waals surface area contributed by atoms with E-state index in [1.165, 1.54) is 40.3 Å². The van der Waals surface area contributed by atoms with Crippen molar-refractivity contribution in [1.29, 1.82) is 0 Å². The van der Waals surface area contributed by atoms with E-state index in [4.69, 9.17) is 0 Å². The number of hydrogen-bond acceptors (Lipinski definition) is 4.